The minimum absolute atomic E-state index is 0.121. The molecule has 3 aromatic rings. The molecule has 0 aromatic carbocycles. The van der Waals surface area contributed by atoms with Crippen LogP contribution in [0.2, 0.25) is 0 Å². The summed E-state index contributed by atoms with van der Waals surface area (Å²) in [6.45, 7) is 1.04. The average Bonchev–Trinajstić information content (AvgIpc) is 3.51. The van der Waals surface area contributed by atoms with E-state index in [4.69, 9.17) is 4.74 Å². The van der Waals surface area contributed by atoms with Crippen LogP contribution in [0.1, 0.15) is 44.2 Å². The van der Waals surface area contributed by atoms with Gasteiger partial charge < -0.3 is 14.6 Å². The number of aromatic amines is 1. The molecule has 4 rings (SSSR count). The summed E-state index contributed by atoms with van der Waals surface area (Å²) in [5, 5.41) is 6.30. The van der Waals surface area contributed by atoms with Crippen molar-refractivity contribution in [3.63, 3.8) is 0 Å². The number of nitrogens with one attached hydrogen (secondary N) is 1. The number of hydrogen-bond donors (Lipinski definition) is 1. The van der Waals surface area contributed by atoms with Gasteiger partial charge in [-0.2, -0.15) is 5.10 Å². The molecule has 1 aliphatic heterocycles. The molecule has 10 heteroatoms. The number of likely N-dealkylation sites (tertiary alicyclic amines) is 1. The molecule has 3 aromatic heterocycles. The molecule has 9 nitrogen and oxygen atoms in total. The van der Waals surface area contributed by atoms with Crippen LogP contribution in [0.4, 0.5) is 0 Å². The second-order valence-corrected chi connectivity index (χ2v) is 7.60. The molecular weight excluding hydrogens is 394 g/mol. The van der Waals surface area contributed by atoms with Gasteiger partial charge in [-0.05, 0) is 18.9 Å². The summed E-state index contributed by atoms with van der Waals surface area (Å²) < 4.78 is 6.74. The van der Waals surface area contributed by atoms with E-state index in [1.807, 2.05) is 0 Å². The summed E-state index contributed by atoms with van der Waals surface area (Å²) in [6, 6.07) is 1.50. The molecule has 0 unspecified atom stereocenters. The SMILES string of the molecule is Cn1cc(-c2nc(C(=O)OCC(=O)c3c[nH]c(C(=O)N4CCCC4)c3)cs2)cn1. The smallest absolute Gasteiger partial charge is 0.358 e. The molecular formula is C19H19N5O4S. The largest absolute Gasteiger partial charge is 0.453 e. The van der Waals surface area contributed by atoms with Crippen molar-refractivity contribution in [2.75, 3.05) is 19.7 Å². The van der Waals surface area contributed by atoms with E-state index in [0.717, 1.165) is 31.5 Å². The van der Waals surface area contributed by atoms with Gasteiger partial charge in [-0.1, -0.05) is 0 Å². The number of esters is 1. The van der Waals surface area contributed by atoms with Gasteiger partial charge in [0.05, 0.1) is 6.20 Å². The van der Waals surface area contributed by atoms with Crippen molar-refractivity contribution in [3.8, 4) is 10.6 Å². The number of aryl methyl sites for hydroxylation is 1. The van der Waals surface area contributed by atoms with Gasteiger partial charge in [0.15, 0.2) is 12.3 Å². The second-order valence-electron chi connectivity index (χ2n) is 6.74. The summed E-state index contributed by atoms with van der Waals surface area (Å²) in [5.74, 6) is -1.18. The van der Waals surface area contributed by atoms with Crippen molar-refractivity contribution in [1.29, 1.82) is 0 Å². The topological polar surface area (TPSA) is 110 Å². The van der Waals surface area contributed by atoms with Gasteiger partial charge in [-0.3, -0.25) is 14.3 Å². The molecule has 1 fully saturated rings. The quantitative estimate of drug-likeness (QED) is 0.490. The van der Waals surface area contributed by atoms with Crippen molar-refractivity contribution in [2.24, 2.45) is 7.05 Å². The normalized spacial score (nSPS) is 13.6. The van der Waals surface area contributed by atoms with Crippen LogP contribution >= 0.6 is 11.3 Å². The Bertz CT molecular complexity index is 1060. The van der Waals surface area contributed by atoms with Crippen LogP contribution in [0.25, 0.3) is 10.6 Å². The lowest BCUT2D eigenvalue weighted by molar-refractivity contribution is 0.0469. The van der Waals surface area contributed by atoms with Gasteiger partial charge in [0.25, 0.3) is 5.91 Å². The Kier molecular flexibility index (Phi) is 5.26. The summed E-state index contributed by atoms with van der Waals surface area (Å²) >= 11 is 1.30. The first-order valence-corrected chi connectivity index (χ1v) is 10.0. The monoisotopic (exact) mass is 413 g/mol. The van der Waals surface area contributed by atoms with E-state index < -0.39 is 18.4 Å². The highest BCUT2D eigenvalue weighted by molar-refractivity contribution is 7.13. The van der Waals surface area contributed by atoms with Crippen molar-refractivity contribution >= 4 is 29.0 Å². The fraction of sp³-hybridized carbons (Fsp3) is 0.316. The Morgan fingerprint density at radius 1 is 1.28 bits per heavy atom. The minimum Gasteiger partial charge on any atom is -0.453 e. The van der Waals surface area contributed by atoms with Gasteiger partial charge >= 0.3 is 5.97 Å². The van der Waals surface area contributed by atoms with Crippen molar-refractivity contribution in [3.05, 3.63) is 47.0 Å². The third kappa shape index (κ3) is 4.11. The molecule has 150 valence electrons. The van der Waals surface area contributed by atoms with Crippen molar-refractivity contribution in [1.82, 2.24) is 24.6 Å². The van der Waals surface area contributed by atoms with Crippen LogP contribution in [0.5, 0.6) is 0 Å². The number of carbonyl (C=O) groups is 3. The van der Waals surface area contributed by atoms with Crippen LogP contribution in [-0.2, 0) is 11.8 Å². The Morgan fingerprint density at radius 2 is 2.07 bits per heavy atom. The van der Waals surface area contributed by atoms with Gasteiger partial charge in [0, 0.05) is 49.0 Å². The van der Waals surface area contributed by atoms with Crippen LogP contribution in [0.15, 0.2) is 30.0 Å². The number of aromatic nitrogens is 4. The average molecular weight is 413 g/mol. The van der Waals surface area contributed by atoms with E-state index in [2.05, 4.69) is 15.1 Å². The molecule has 0 radical (unpaired) electrons. The fourth-order valence-corrected chi connectivity index (χ4v) is 3.85. The lowest BCUT2D eigenvalue weighted by Gasteiger charge is -2.13. The van der Waals surface area contributed by atoms with Crippen LogP contribution in [0, 0.1) is 0 Å². The van der Waals surface area contributed by atoms with Crippen molar-refractivity contribution in [2.45, 2.75) is 12.8 Å². The molecule has 29 heavy (non-hydrogen) atoms. The number of nitrogens with zero attached hydrogens (tertiary/aromatic N) is 4. The number of thiazole rings is 1. The van der Waals surface area contributed by atoms with Crippen LogP contribution in [-0.4, -0.2) is 62.0 Å². The first-order valence-electron chi connectivity index (χ1n) is 9.14. The third-order valence-electron chi connectivity index (χ3n) is 4.63. The van der Waals surface area contributed by atoms with Gasteiger partial charge in [-0.25, -0.2) is 9.78 Å². The van der Waals surface area contributed by atoms with E-state index in [1.165, 1.54) is 23.6 Å². The molecule has 0 atom stereocenters. The molecule has 0 saturated carbocycles. The van der Waals surface area contributed by atoms with E-state index in [-0.39, 0.29) is 11.6 Å². The van der Waals surface area contributed by atoms with Gasteiger partial charge in [0.1, 0.15) is 10.7 Å². The second kappa shape index (κ2) is 8.00. The lowest BCUT2D eigenvalue weighted by Crippen LogP contribution is -2.27. The molecule has 1 saturated heterocycles. The molecule has 4 heterocycles. The van der Waals surface area contributed by atoms with E-state index in [1.54, 1.807) is 34.4 Å². The predicted octanol–water partition coefficient (Wildman–Crippen LogP) is 2.15. The number of Topliss-reactive ketones (excluding diaryl/α,β-unsaturated/α-hetero) is 1. The molecule has 1 N–H and O–H groups in total. The Labute approximate surface area is 170 Å². The van der Waals surface area contributed by atoms with E-state index >= 15 is 0 Å². The first kappa shape index (κ1) is 19.1. The fourth-order valence-electron chi connectivity index (χ4n) is 3.09. The molecule has 1 amide bonds. The highest BCUT2D eigenvalue weighted by atomic mass is 32.1. The molecule has 1 aliphatic rings. The van der Waals surface area contributed by atoms with Crippen molar-refractivity contribution < 1.29 is 19.1 Å². The maximum Gasteiger partial charge on any atom is 0.358 e. The zero-order valence-corrected chi connectivity index (χ0v) is 16.6. The Hall–Kier alpha value is -3.27. The summed E-state index contributed by atoms with van der Waals surface area (Å²) in [6.07, 6.45) is 6.90. The number of hydrogen-bond acceptors (Lipinski definition) is 7. The summed E-state index contributed by atoms with van der Waals surface area (Å²) in [4.78, 5) is 45.7. The maximum absolute atomic E-state index is 12.3. The zero-order chi connectivity index (χ0) is 20.4. The maximum atomic E-state index is 12.3. The molecule has 0 aliphatic carbocycles. The number of amides is 1. The van der Waals surface area contributed by atoms with Crippen LogP contribution in [0.3, 0.4) is 0 Å². The lowest BCUT2D eigenvalue weighted by atomic mass is 10.2. The van der Waals surface area contributed by atoms with Gasteiger partial charge in [0.2, 0.25) is 5.78 Å². The zero-order valence-electron chi connectivity index (χ0n) is 15.8. The molecule has 0 bridgehead atoms. The van der Waals surface area contributed by atoms with Crippen LogP contribution < -0.4 is 0 Å². The number of rotatable bonds is 6. The minimum atomic E-state index is -0.673. The number of ketones is 1. The van der Waals surface area contributed by atoms with Gasteiger partial charge in [-0.15, -0.1) is 11.3 Å². The highest BCUT2D eigenvalue weighted by Gasteiger charge is 2.22. The number of ether oxygens (including phenoxy) is 1. The number of carbonyl (C=O) groups excluding carboxylic acids is 3. The third-order valence-corrected chi connectivity index (χ3v) is 5.52. The predicted molar refractivity (Wildman–Crippen MR) is 105 cm³/mol. The summed E-state index contributed by atoms with van der Waals surface area (Å²) in [5.41, 5.74) is 1.60. The molecule has 0 spiro atoms. The Balaban J connectivity index is 1.34. The number of H-pyrrole nitrogens is 1. The first-order chi connectivity index (χ1) is 14.0. The highest BCUT2D eigenvalue weighted by Crippen LogP contribution is 2.23. The standard InChI is InChI=1S/C19H19N5O4S/c1-23-9-13(8-21-23)17-22-15(11-29-17)19(27)28-10-16(25)12-6-14(20-7-12)18(26)24-4-2-3-5-24/h6-9,11,20H,2-5,10H2,1H3. The summed E-state index contributed by atoms with van der Waals surface area (Å²) in [7, 11) is 1.79. The van der Waals surface area contributed by atoms with E-state index in [0.29, 0.717) is 16.3 Å². The van der Waals surface area contributed by atoms with E-state index in [9.17, 15) is 14.4 Å². The Morgan fingerprint density at radius 3 is 2.79 bits per heavy atom.